The first-order valence-electron chi connectivity index (χ1n) is 10.3. The van der Waals surface area contributed by atoms with E-state index in [2.05, 4.69) is 26.9 Å². The molecule has 2 aliphatic rings. The molecule has 10 heteroatoms. The minimum Gasteiger partial charge on any atom is -0.465 e. The van der Waals surface area contributed by atoms with Crippen molar-refractivity contribution in [1.29, 1.82) is 0 Å². The Morgan fingerprint density at radius 3 is 2.29 bits per heavy atom. The molecule has 172 valence electrons. The smallest absolute Gasteiger partial charge is 0.309 e. The Morgan fingerprint density at radius 1 is 1.06 bits per heavy atom. The second kappa shape index (κ2) is 11.4. The summed E-state index contributed by atoms with van der Waals surface area (Å²) in [6.07, 6.45) is 6.90. The van der Waals surface area contributed by atoms with Crippen LogP contribution in [0.5, 0.6) is 0 Å². The first-order valence-corrected chi connectivity index (χ1v) is 11.1. The van der Waals surface area contributed by atoms with Crippen LogP contribution in [0, 0.1) is 27.3 Å². The second-order valence-corrected chi connectivity index (χ2v) is 8.55. The van der Waals surface area contributed by atoms with Crippen LogP contribution in [0.4, 0.5) is 0 Å². The first-order chi connectivity index (χ1) is 14.4. The Labute approximate surface area is 192 Å². The summed E-state index contributed by atoms with van der Waals surface area (Å²) in [5.74, 6) is 0.781. The van der Waals surface area contributed by atoms with E-state index in [-0.39, 0.29) is 37.1 Å². The Kier molecular flexibility index (Phi) is 9.24. The van der Waals surface area contributed by atoms with E-state index in [1.54, 1.807) is 0 Å². The summed E-state index contributed by atoms with van der Waals surface area (Å²) in [4.78, 5) is 34.4. The molecule has 4 rings (SSSR count). The van der Waals surface area contributed by atoms with Gasteiger partial charge in [-0.15, -0.1) is 0 Å². The van der Waals surface area contributed by atoms with Crippen LogP contribution in [0.25, 0.3) is 0 Å². The maximum absolute atomic E-state index is 11.4. The predicted molar refractivity (Wildman–Crippen MR) is 123 cm³/mol. The summed E-state index contributed by atoms with van der Waals surface area (Å²) < 4.78 is 11.3. The number of H-pyrrole nitrogens is 4. The van der Waals surface area contributed by atoms with E-state index in [9.17, 15) is 9.59 Å². The fourth-order valence-electron chi connectivity index (χ4n) is 4.21. The lowest BCUT2D eigenvalue weighted by Crippen LogP contribution is -2.17. The minimum atomic E-state index is -0.0902. The van der Waals surface area contributed by atoms with E-state index in [0.717, 1.165) is 30.7 Å². The molecule has 0 bridgehead atoms. The summed E-state index contributed by atoms with van der Waals surface area (Å²) in [5.41, 5.74) is 2.12. The normalized spacial score (nSPS) is 23.4. The topological polar surface area (TPSA) is 116 Å². The van der Waals surface area contributed by atoms with Gasteiger partial charge in [-0.1, -0.05) is 21.3 Å². The van der Waals surface area contributed by atoms with Crippen molar-refractivity contribution in [2.75, 3.05) is 13.2 Å². The van der Waals surface area contributed by atoms with E-state index in [0.29, 0.717) is 35.1 Å². The van der Waals surface area contributed by atoms with E-state index >= 15 is 0 Å². The third kappa shape index (κ3) is 6.39. The highest BCUT2D eigenvalue weighted by molar-refractivity contribution is 7.71. The highest BCUT2D eigenvalue weighted by Gasteiger charge is 2.35. The van der Waals surface area contributed by atoms with Crippen molar-refractivity contribution < 1.29 is 19.1 Å². The lowest BCUT2D eigenvalue weighted by molar-refractivity contribution is -0.141. The van der Waals surface area contributed by atoms with Crippen LogP contribution in [0.2, 0.25) is 0 Å². The molecule has 31 heavy (non-hydrogen) atoms. The number of cyclic esters (lactones) is 2. The van der Waals surface area contributed by atoms with E-state index in [1.165, 1.54) is 0 Å². The Bertz CT molecular complexity index is 976. The molecule has 2 saturated heterocycles. The number of ether oxygens (including phenoxy) is 2. The highest BCUT2D eigenvalue weighted by Crippen LogP contribution is 2.32. The third-order valence-corrected chi connectivity index (χ3v) is 6.24. The van der Waals surface area contributed by atoms with Crippen molar-refractivity contribution in [3.8, 4) is 0 Å². The summed E-state index contributed by atoms with van der Waals surface area (Å²) in [6, 6.07) is 0. The van der Waals surface area contributed by atoms with E-state index in [1.807, 2.05) is 19.3 Å². The van der Waals surface area contributed by atoms with Gasteiger partial charge in [0, 0.05) is 41.5 Å². The maximum Gasteiger partial charge on any atom is 0.309 e. The van der Waals surface area contributed by atoms with Crippen molar-refractivity contribution in [2.45, 2.75) is 52.9 Å². The maximum atomic E-state index is 11.4. The molecule has 0 spiro atoms. The largest absolute Gasteiger partial charge is 0.465 e. The standard InChI is InChI=1S/2C10H14N2O2S.CH4/c1-2-8-6(5-14-9(8)13)3-7-4-11-10(15)12-7;1-2-7(6-3-9(13)14-5-6)8-4-11-10(15)12-8;/h4,6,8H,2-3,5H2,1H3,(H2,11,12,15);4,6-7H,2-3,5H2,1H3,(H2,11,12,15);1H4. The molecule has 8 nitrogen and oxygen atoms in total. The van der Waals surface area contributed by atoms with Crippen molar-refractivity contribution in [3.05, 3.63) is 33.3 Å². The molecule has 0 aliphatic carbocycles. The molecule has 2 aromatic heterocycles. The van der Waals surface area contributed by atoms with Gasteiger partial charge in [0.1, 0.15) is 0 Å². The molecule has 0 radical (unpaired) electrons. The molecule has 4 heterocycles. The fraction of sp³-hybridized carbons (Fsp3) is 0.619. The van der Waals surface area contributed by atoms with Crippen molar-refractivity contribution in [2.24, 2.45) is 17.8 Å². The zero-order chi connectivity index (χ0) is 21.7. The average molecular weight is 469 g/mol. The first kappa shape index (κ1) is 25.1. The van der Waals surface area contributed by atoms with Crippen LogP contribution in [-0.2, 0) is 25.5 Å². The number of nitrogens with one attached hydrogen (secondary N) is 4. The molecule has 2 aliphatic heterocycles. The molecule has 0 saturated carbocycles. The molecular weight excluding hydrogens is 436 g/mol. The molecule has 2 fully saturated rings. The average Bonchev–Trinajstić information content (AvgIpc) is 3.49. The van der Waals surface area contributed by atoms with Gasteiger partial charge in [-0.3, -0.25) is 9.59 Å². The van der Waals surface area contributed by atoms with Gasteiger partial charge in [0.2, 0.25) is 0 Å². The van der Waals surface area contributed by atoms with Gasteiger partial charge in [0.05, 0.1) is 25.6 Å². The Balaban J connectivity index is 0.000000213. The molecular formula is C21H32N4O4S2. The molecule has 4 N–H and O–H groups in total. The lowest BCUT2D eigenvalue weighted by Gasteiger charge is -2.17. The lowest BCUT2D eigenvalue weighted by atomic mass is 9.87. The van der Waals surface area contributed by atoms with Gasteiger partial charge in [-0.05, 0) is 43.7 Å². The number of hydrogen-bond acceptors (Lipinski definition) is 6. The van der Waals surface area contributed by atoms with Gasteiger partial charge in [0.25, 0.3) is 0 Å². The summed E-state index contributed by atoms with van der Waals surface area (Å²) in [5, 5.41) is 0. The van der Waals surface area contributed by atoms with Crippen LogP contribution in [0.1, 0.15) is 57.8 Å². The number of hydrogen-bond donors (Lipinski definition) is 4. The van der Waals surface area contributed by atoms with Crippen LogP contribution in [0.15, 0.2) is 12.4 Å². The fourth-order valence-corrected chi connectivity index (χ4v) is 4.58. The monoisotopic (exact) mass is 468 g/mol. The van der Waals surface area contributed by atoms with Crippen molar-refractivity contribution >= 4 is 36.4 Å². The van der Waals surface area contributed by atoms with Crippen molar-refractivity contribution in [1.82, 2.24) is 19.9 Å². The zero-order valence-electron chi connectivity index (χ0n) is 17.2. The summed E-state index contributed by atoms with van der Waals surface area (Å²) in [7, 11) is 0. The highest BCUT2D eigenvalue weighted by atomic mass is 32.1. The number of carbonyl (C=O) groups is 2. The number of carbonyl (C=O) groups excluding carboxylic acids is 2. The zero-order valence-corrected chi connectivity index (χ0v) is 18.8. The minimum absolute atomic E-state index is 0. The Hall–Kier alpha value is -2.20. The van der Waals surface area contributed by atoms with Gasteiger partial charge >= 0.3 is 11.9 Å². The molecule has 4 unspecified atom stereocenters. The third-order valence-electron chi connectivity index (χ3n) is 5.80. The van der Waals surface area contributed by atoms with E-state index < -0.39 is 0 Å². The van der Waals surface area contributed by atoms with Crippen LogP contribution >= 0.6 is 24.4 Å². The number of rotatable bonds is 6. The molecule has 0 amide bonds. The van der Waals surface area contributed by atoms with Gasteiger partial charge in [0.15, 0.2) is 9.54 Å². The quantitative estimate of drug-likeness (QED) is 0.364. The van der Waals surface area contributed by atoms with Crippen LogP contribution in [0.3, 0.4) is 0 Å². The molecule has 4 atom stereocenters. The van der Waals surface area contributed by atoms with Gasteiger partial charge < -0.3 is 29.4 Å². The molecule has 2 aromatic rings. The number of imidazole rings is 2. The SMILES string of the molecule is C.CCC(c1c[nH]c(=S)[nH]1)C1COC(=O)C1.CCC1C(=O)OCC1Cc1c[nH]c(=S)[nH]1. The van der Waals surface area contributed by atoms with Crippen molar-refractivity contribution in [3.63, 3.8) is 0 Å². The van der Waals surface area contributed by atoms with Crippen LogP contribution in [-0.4, -0.2) is 45.1 Å². The molecule has 0 aromatic carbocycles. The summed E-state index contributed by atoms with van der Waals surface area (Å²) in [6.45, 7) is 5.19. The van der Waals surface area contributed by atoms with Gasteiger partial charge in [-0.25, -0.2) is 0 Å². The van der Waals surface area contributed by atoms with Crippen LogP contribution < -0.4 is 0 Å². The Morgan fingerprint density at radius 2 is 1.77 bits per heavy atom. The number of esters is 2. The summed E-state index contributed by atoms with van der Waals surface area (Å²) >= 11 is 9.93. The number of aromatic nitrogens is 4. The van der Waals surface area contributed by atoms with E-state index in [4.69, 9.17) is 33.9 Å². The van der Waals surface area contributed by atoms with Gasteiger partial charge in [-0.2, -0.15) is 0 Å². The second-order valence-electron chi connectivity index (χ2n) is 7.74. The predicted octanol–water partition coefficient (Wildman–Crippen LogP) is 4.58. The number of aromatic amines is 4.